The van der Waals surface area contributed by atoms with Crippen molar-refractivity contribution in [3.05, 3.63) is 66.0 Å². The van der Waals surface area contributed by atoms with Gasteiger partial charge in [0.2, 0.25) is 0 Å². The predicted octanol–water partition coefficient (Wildman–Crippen LogP) is 4.75. The van der Waals surface area contributed by atoms with Gasteiger partial charge in [0.1, 0.15) is 11.4 Å². The van der Waals surface area contributed by atoms with E-state index in [1.165, 1.54) is 23.3 Å². The van der Waals surface area contributed by atoms with Crippen LogP contribution >= 0.6 is 0 Å². The lowest BCUT2D eigenvalue weighted by Gasteiger charge is -2.26. The molecule has 0 bridgehead atoms. The van der Waals surface area contributed by atoms with Gasteiger partial charge in [0, 0.05) is 43.0 Å². The van der Waals surface area contributed by atoms with Crippen LogP contribution in [-0.4, -0.2) is 34.3 Å². The lowest BCUT2D eigenvalue weighted by Crippen LogP contribution is -2.28. The molecule has 4 rings (SSSR count). The quantitative estimate of drug-likeness (QED) is 0.718. The van der Waals surface area contributed by atoms with Crippen molar-refractivity contribution in [3.63, 3.8) is 0 Å². The average molecular weight is 373 g/mol. The summed E-state index contributed by atoms with van der Waals surface area (Å²) in [6.45, 7) is 2.37. The van der Waals surface area contributed by atoms with Crippen LogP contribution in [0.3, 0.4) is 0 Å². The van der Waals surface area contributed by atoms with E-state index in [9.17, 15) is 13.2 Å². The van der Waals surface area contributed by atoms with E-state index >= 15 is 0 Å². The van der Waals surface area contributed by atoms with Gasteiger partial charge in [-0.2, -0.15) is 0 Å². The van der Waals surface area contributed by atoms with Crippen LogP contribution in [0.25, 0.3) is 16.6 Å². The van der Waals surface area contributed by atoms with Crippen LogP contribution in [0.1, 0.15) is 17.5 Å². The number of alkyl halides is 3. The predicted molar refractivity (Wildman–Crippen MR) is 97.1 cm³/mol. The molecule has 1 aromatic carbocycles. The Balaban J connectivity index is 1.40. The van der Waals surface area contributed by atoms with Crippen molar-refractivity contribution in [2.45, 2.75) is 19.3 Å². The molecule has 1 aliphatic heterocycles. The molecule has 0 saturated carbocycles. The summed E-state index contributed by atoms with van der Waals surface area (Å²) >= 11 is 0. The van der Waals surface area contributed by atoms with E-state index < -0.39 is 6.36 Å². The van der Waals surface area contributed by atoms with Gasteiger partial charge in [-0.1, -0.05) is 18.2 Å². The number of hydrogen-bond donors (Lipinski definition) is 1. The average Bonchev–Trinajstić information content (AvgIpc) is 3.07. The number of hydrogen-bond acceptors (Lipinski definition) is 3. The summed E-state index contributed by atoms with van der Waals surface area (Å²) in [4.78, 5) is 9.78. The molecule has 0 aliphatic carbocycles. The van der Waals surface area contributed by atoms with Crippen LogP contribution in [0.15, 0.2) is 54.9 Å². The van der Waals surface area contributed by atoms with Crippen LogP contribution in [0.5, 0.6) is 5.75 Å². The van der Waals surface area contributed by atoms with Gasteiger partial charge in [-0.15, -0.1) is 13.2 Å². The molecule has 7 heteroatoms. The molecule has 0 unspecified atom stereocenters. The number of H-pyrrole nitrogens is 1. The van der Waals surface area contributed by atoms with E-state index in [1.54, 1.807) is 18.3 Å². The molecule has 3 aromatic rings. The summed E-state index contributed by atoms with van der Waals surface area (Å²) < 4.78 is 40.6. The second-order valence-corrected chi connectivity index (χ2v) is 6.51. The molecule has 0 spiro atoms. The van der Waals surface area contributed by atoms with Gasteiger partial charge in [-0.3, -0.25) is 4.90 Å². The molecule has 1 N–H and O–H groups in total. The fourth-order valence-corrected chi connectivity index (χ4v) is 3.38. The topological polar surface area (TPSA) is 41.1 Å². The third kappa shape index (κ3) is 4.14. The number of rotatable bonds is 4. The second kappa shape index (κ2) is 7.08. The summed E-state index contributed by atoms with van der Waals surface area (Å²) in [7, 11) is 0. The van der Waals surface area contributed by atoms with Crippen molar-refractivity contribution in [1.29, 1.82) is 0 Å². The fraction of sp³-hybridized carbons (Fsp3) is 0.250. The first-order valence-electron chi connectivity index (χ1n) is 8.66. The number of aromatic amines is 1. The van der Waals surface area contributed by atoms with E-state index in [-0.39, 0.29) is 5.75 Å². The number of nitrogens with zero attached hydrogens (tertiary/aromatic N) is 2. The van der Waals surface area contributed by atoms with Gasteiger partial charge in [0.25, 0.3) is 0 Å². The smallest absolute Gasteiger partial charge is 0.406 e. The molecular weight excluding hydrogens is 355 g/mol. The summed E-state index contributed by atoms with van der Waals surface area (Å²) in [5, 5.41) is 1.12. The highest BCUT2D eigenvalue weighted by Gasteiger charge is 2.31. The van der Waals surface area contributed by atoms with E-state index in [1.807, 2.05) is 12.3 Å². The zero-order valence-electron chi connectivity index (χ0n) is 14.5. The molecule has 0 radical (unpaired) electrons. The maximum Gasteiger partial charge on any atom is 0.573 e. The zero-order chi connectivity index (χ0) is 18.9. The molecule has 2 aromatic heterocycles. The molecule has 3 heterocycles. The second-order valence-electron chi connectivity index (χ2n) is 6.51. The SMILES string of the molecule is FC(F)(F)Oc1ccc(CN2CC=C(c3c[nH]c4ncccc34)CC2)cc1. The Morgan fingerprint density at radius 2 is 1.96 bits per heavy atom. The largest absolute Gasteiger partial charge is 0.573 e. The third-order valence-electron chi connectivity index (χ3n) is 4.65. The number of nitrogens with one attached hydrogen (secondary N) is 1. The van der Waals surface area contributed by atoms with Gasteiger partial charge in [0.05, 0.1) is 0 Å². The minimum Gasteiger partial charge on any atom is -0.406 e. The van der Waals surface area contributed by atoms with E-state index in [0.717, 1.165) is 36.1 Å². The van der Waals surface area contributed by atoms with Crippen LogP contribution in [0.4, 0.5) is 13.2 Å². The molecule has 0 saturated heterocycles. The van der Waals surface area contributed by atoms with Crippen molar-refractivity contribution in [1.82, 2.24) is 14.9 Å². The highest BCUT2D eigenvalue weighted by atomic mass is 19.4. The summed E-state index contributed by atoms with van der Waals surface area (Å²) in [6.07, 6.45) is 2.23. The summed E-state index contributed by atoms with van der Waals surface area (Å²) in [5.74, 6) is -0.194. The number of pyridine rings is 1. The molecule has 0 fully saturated rings. The Bertz CT molecular complexity index is 961. The highest BCUT2D eigenvalue weighted by molar-refractivity contribution is 5.90. The van der Waals surface area contributed by atoms with Crippen LogP contribution < -0.4 is 4.74 Å². The first-order chi connectivity index (χ1) is 13.0. The Morgan fingerprint density at radius 3 is 2.67 bits per heavy atom. The van der Waals surface area contributed by atoms with Crippen molar-refractivity contribution >= 4 is 16.6 Å². The number of aromatic nitrogens is 2. The van der Waals surface area contributed by atoms with E-state index in [4.69, 9.17) is 0 Å². The first kappa shape index (κ1) is 17.6. The zero-order valence-corrected chi connectivity index (χ0v) is 14.5. The molecule has 27 heavy (non-hydrogen) atoms. The van der Waals surface area contributed by atoms with Gasteiger partial charge >= 0.3 is 6.36 Å². The molecular formula is C20H18F3N3O. The van der Waals surface area contributed by atoms with Crippen molar-refractivity contribution in [3.8, 4) is 5.75 Å². The van der Waals surface area contributed by atoms with Gasteiger partial charge < -0.3 is 9.72 Å². The molecule has 0 atom stereocenters. The van der Waals surface area contributed by atoms with Gasteiger partial charge in [0.15, 0.2) is 0 Å². The number of fused-ring (bicyclic) bond motifs is 1. The lowest BCUT2D eigenvalue weighted by atomic mass is 9.99. The molecule has 1 aliphatic rings. The van der Waals surface area contributed by atoms with Crippen molar-refractivity contribution in [2.75, 3.05) is 13.1 Å². The van der Waals surface area contributed by atoms with Gasteiger partial charge in [-0.25, -0.2) is 4.98 Å². The standard InChI is InChI=1S/C20H18F3N3O/c21-20(22,23)27-16-5-3-14(4-6-16)13-26-10-7-15(8-11-26)18-12-25-19-17(18)2-1-9-24-19/h1-7,9,12H,8,10-11,13H2,(H,24,25). The molecule has 4 nitrogen and oxygen atoms in total. The van der Waals surface area contributed by atoms with E-state index in [0.29, 0.717) is 6.54 Å². The molecule has 140 valence electrons. The number of halogens is 3. The maximum atomic E-state index is 12.2. The normalized spacial score (nSPS) is 15.7. The van der Waals surface area contributed by atoms with Crippen molar-refractivity contribution < 1.29 is 17.9 Å². The summed E-state index contributed by atoms with van der Waals surface area (Å²) in [6, 6.07) is 10.0. The number of ether oxygens (including phenoxy) is 1. The first-order valence-corrected chi connectivity index (χ1v) is 8.66. The maximum absolute atomic E-state index is 12.2. The Hall–Kier alpha value is -2.80. The van der Waals surface area contributed by atoms with Crippen molar-refractivity contribution in [2.24, 2.45) is 0 Å². The fourth-order valence-electron chi connectivity index (χ4n) is 3.38. The lowest BCUT2D eigenvalue weighted by molar-refractivity contribution is -0.274. The Labute approximate surface area is 154 Å². The van der Waals surface area contributed by atoms with Crippen LogP contribution in [-0.2, 0) is 6.54 Å². The Morgan fingerprint density at radius 1 is 1.15 bits per heavy atom. The molecule has 0 amide bonds. The van der Waals surface area contributed by atoms with Gasteiger partial charge in [-0.05, 0) is 41.8 Å². The van der Waals surface area contributed by atoms with Crippen LogP contribution in [0, 0.1) is 0 Å². The third-order valence-corrected chi connectivity index (χ3v) is 4.65. The Kier molecular flexibility index (Phi) is 4.61. The van der Waals surface area contributed by atoms with Crippen LogP contribution in [0.2, 0.25) is 0 Å². The van der Waals surface area contributed by atoms with E-state index in [2.05, 4.69) is 31.7 Å². The highest BCUT2D eigenvalue weighted by Crippen LogP contribution is 2.29. The number of benzene rings is 1. The minimum atomic E-state index is -4.66. The minimum absolute atomic E-state index is 0.194. The summed E-state index contributed by atoms with van der Waals surface area (Å²) in [5.41, 5.74) is 4.32. The monoisotopic (exact) mass is 373 g/mol.